The molecule has 2 aromatic heterocycles. The van der Waals surface area contributed by atoms with Crippen LogP contribution >= 0.6 is 15.9 Å². The van der Waals surface area contributed by atoms with Crippen molar-refractivity contribution in [2.24, 2.45) is 0 Å². The molecule has 0 aromatic carbocycles. The van der Waals surface area contributed by atoms with Gasteiger partial charge in [0.1, 0.15) is 17.5 Å². The van der Waals surface area contributed by atoms with Crippen LogP contribution in [-0.4, -0.2) is 20.9 Å². The fraction of sp³-hybridized carbons (Fsp3) is 0. The quantitative estimate of drug-likeness (QED) is 0.752. The van der Waals surface area contributed by atoms with Gasteiger partial charge in [0, 0.05) is 4.47 Å². The second-order valence-corrected chi connectivity index (χ2v) is 3.30. The van der Waals surface area contributed by atoms with Crippen molar-refractivity contribution < 1.29 is 4.79 Å². The number of aromatic nitrogens is 3. The molecule has 0 fully saturated rings. The zero-order valence-corrected chi connectivity index (χ0v) is 8.02. The first-order chi connectivity index (χ1) is 6.24. The van der Waals surface area contributed by atoms with Gasteiger partial charge in [-0.05, 0) is 22.0 Å². The molecule has 0 atom stereocenters. The number of aldehydes is 1. The molecule has 0 spiro atoms. The predicted octanol–water partition coefficient (Wildman–Crippen LogP) is 0.886. The molecule has 0 aliphatic rings. The van der Waals surface area contributed by atoms with Crippen LogP contribution in [0.1, 0.15) is 10.5 Å². The van der Waals surface area contributed by atoms with Crippen LogP contribution in [0.5, 0.6) is 0 Å². The molecule has 0 bridgehead atoms. The predicted molar refractivity (Wildman–Crippen MR) is 50.5 cm³/mol. The summed E-state index contributed by atoms with van der Waals surface area (Å²) in [6.07, 6.45) is 2.02. The van der Waals surface area contributed by atoms with Crippen LogP contribution in [0.4, 0.5) is 5.82 Å². The highest BCUT2D eigenvalue weighted by atomic mass is 79.9. The number of anilines is 1. The first-order valence-electron chi connectivity index (χ1n) is 3.47. The van der Waals surface area contributed by atoms with E-state index in [9.17, 15) is 4.79 Å². The van der Waals surface area contributed by atoms with E-state index in [2.05, 4.69) is 26.0 Å². The van der Waals surface area contributed by atoms with Crippen LogP contribution in [0.15, 0.2) is 16.9 Å². The molecule has 13 heavy (non-hydrogen) atoms. The molecule has 0 aliphatic heterocycles. The minimum atomic E-state index is 0.343. The molecule has 2 heterocycles. The molecule has 5 nitrogen and oxygen atoms in total. The van der Waals surface area contributed by atoms with E-state index in [1.165, 1.54) is 10.8 Å². The Morgan fingerprint density at radius 2 is 2.38 bits per heavy atom. The van der Waals surface area contributed by atoms with Gasteiger partial charge in [0.25, 0.3) is 0 Å². The van der Waals surface area contributed by atoms with Crippen molar-refractivity contribution in [3.8, 4) is 0 Å². The molecule has 0 saturated heterocycles. The van der Waals surface area contributed by atoms with Crippen molar-refractivity contribution >= 4 is 33.6 Å². The van der Waals surface area contributed by atoms with E-state index in [1.54, 1.807) is 6.07 Å². The van der Waals surface area contributed by atoms with Gasteiger partial charge in [0.15, 0.2) is 12.1 Å². The Kier molecular flexibility index (Phi) is 1.77. The zero-order chi connectivity index (χ0) is 9.42. The highest BCUT2D eigenvalue weighted by molar-refractivity contribution is 9.10. The number of halogens is 1. The van der Waals surface area contributed by atoms with Crippen molar-refractivity contribution in [2.75, 3.05) is 5.73 Å². The number of nitrogens with two attached hydrogens (primary N) is 1. The average Bonchev–Trinajstić information content (AvgIpc) is 2.44. The maximum Gasteiger partial charge on any atom is 0.168 e. The van der Waals surface area contributed by atoms with Gasteiger partial charge in [-0.15, -0.1) is 0 Å². The van der Waals surface area contributed by atoms with Gasteiger partial charge in [-0.3, -0.25) is 4.79 Å². The van der Waals surface area contributed by atoms with Gasteiger partial charge in [0.05, 0.1) is 0 Å². The number of carbonyl (C=O) groups excluding carboxylic acids is 1. The topological polar surface area (TPSA) is 73.3 Å². The minimum Gasteiger partial charge on any atom is -0.382 e. The maximum absolute atomic E-state index is 10.6. The third kappa shape index (κ3) is 1.10. The Hall–Kier alpha value is -1.43. The van der Waals surface area contributed by atoms with Gasteiger partial charge < -0.3 is 5.73 Å². The highest BCUT2D eigenvalue weighted by Gasteiger charge is 2.10. The molecular formula is C7H5BrN4O. The Bertz CT molecular complexity index is 479. The Morgan fingerprint density at radius 1 is 1.62 bits per heavy atom. The summed E-state index contributed by atoms with van der Waals surface area (Å²) in [5.41, 5.74) is 6.66. The summed E-state index contributed by atoms with van der Waals surface area (Å²) in [6, 6.07) is 1.65. The lowest BCUT2D eigenvalue weighted by Gasteiger charge is -1.97. The van der Waals surface area contributed by atoms with Gasteiger partial charge >= 0.3 is 0 Å². The zero-order valence-electron chi connectivity index (χ0n) is 6.44. The SMILES string of the molecule is Nc1ncnn2c(C=O)cc(Br)c12. The standard InChI is InChI=1S/C7H5BrN4O/c8-5-1-4(2-13)12-6(5)7(9)10-3-11-12/h1-3H,(H2,9,10,11). The van der Waals surface area contributed by atoms with E-state index in [0.29, 0.717) is 27.8 Å². The van der Waals surface area contributed by atoms with E-state index in [1.807, 2.05) is 0 Å². The first-order valence-corrected chi connectivity index (χ1v) is 4.26. The Labute approximate surface area is 81.7 Å². The highest BCUT2D eigenvalue weighted by Crippen LogP contribution is 2.23. The van der Waals surface area contributed by atoms with Gasteiger partial charge in [-0.25, -0.2) is 9.50 Å². The van der Waals surface area contributed by atoms with Crippen LogP contribution in [0.25, 0.3) is 5.52 Å². The molecule has 2 N–H and O–H groups in total. The number of hydrogen-bond donors (Lipinski definition) is 1. The van der Waals surface area contributed by atoms with Crippen LogP contribution in [0.2, 0.25) is 0 Å². The third-order valence-electron chi connectivity index (χ3n) is 1.68. The molecule has 2 rings (SSSR count). The second-order valence-electron chi connectivity index (χ2n) is 2.44. The van der Waals surface area contributed by atoms with Crippen LogP contribution in [0, 0.1) is 0 Å². The van der Waals surface area contributed by atoms with Crippen molar-refractivity contribution in [3.63, 3.8) is 0 Å². The summed E-state index contributed by atoms with van der Waals surface area (Å²) in [7, 11) is 0. The van der Waals surface area contributed by atoms with Crippen molar-refractivity contribution in [3.05, 3.63) is 22.6 Å². The van der Waals surface area contributed by atoms with E-state index < -0.39 is 0 Å². The lowest BCUT2D eigenvalue weighted by atomic mass is 10.5. The summed E-state index contributed by atoms with van der Waals surface area (Å²) in [5.74, 6) is 0.343. The Balaban J connectivity index is 2.95. The van der Waals surface area contributed by atoms with Gasteiger partial charge in [0.2, 0.25) is 0 Å². The fourth-order valence-electron chi connectivity index (χ4n) is 1.13. The number of carbonyl (C=O) groups is 1. The molecule has 0 unspecified atom stereocenters. The second kappa shape index (κ2) is 2.81. The number of nitrogens with zero attached hydrogens (tertiary/aromatic N) is 3. The third-order valence-corrected chi connectivity index (χ3v) is 2.29. The molecule has 66 valence electrons. The van der Waals surface area contributed by atoms with E-state index in [0.717, 1.165) is 0 Å². The van der Waals surface area contributed by atoms with Crippen molar-refractivity contribution in [1.82, 2.24) is 14.6 Å². The van der Waals surface area contributed by atoms with E-state index >= 15 is 0 Å². The van der Waals surface area contributed by atoms with E-state index in [-0.39, 0.29) is 0 Å². The van der Waals surface area contributed by atoms with Crippen LogP contribution < -0.4 is 5.73 Å². The van der Waals surface area contributed by atoms with Gasteiger partial charge in [-0.2, -0.15) is 5.10 Å². The molecule has 0 saturated carbocycles. The number of nitrogen functional groups attached to an aromatic ring is 1. The largest absolute Gasteiger partial charge is 0.382 e. The molecule has 0 aliphatic carbocycles. The van der Waals surface area contributed by atoms with Crippen LogP contribution in [-0.2, 0) is 0 Å². The van der Waals surface area contributed by atoms with Crippen LogP contribution in [0.3, 0.4) is 0 Å². The summed E-state index contributed by atoms with van der Waals surface area (Å²) in [6.45, 7) is 0. The molecular weight excluding hydrogens is 236 g/mol. The van der Waals surface area contributed by atoms with E-state index in [4.69, 9.17) is 5.73 Å². The molecule has 0 amide bonds. The number of fused-ring (bicyclic) bond motifs is 1. The van der Waals surface area contributed by atoms with Gasteiger partial charge in [-0.1, -0.05) is 0 Å². The number of hydrogen-bond acceptors (Lipinski definition) is 4. The smallest absolute Gasteiger partial charge is 0.168 e. The lowest BCUT2D eigenvalue weighted by Crippen LogP contribution is -2.01. The van der Waals surface area contributed by atoms with Crippen molar-refractivity contribution in [2.45, 2.75) is 0 Å². The Morgan fingerprint density at radius 3 is 3.08 bits per heavy atom. The maximum atomic E-state index is 10.6. The summed E-state index contributed by atoms with van der Waals surface area (Å²) in [4.78, 5) is 14.4. The minimum absolute atomic E-state index is 0.343. The monoisotopic (exact) mass is 240 g/mol. The summed E-state index contributed by atoms with van der Waals surface area (Å²) >= 11 is 3.27. The summed E-state index contributed by atoms with van der Waals surface area (Å²) in [5, 5.41) is 3.90. The molecule has 6 heteroatoms. The number of rotatable bonds is 1. The normalized spacial score (nSPS) is 10.5. The summed E-state index contributed by atoms with van der Waals surface area (Å²) < 4.78 is 2.16. The fourth-order valence-corrected chi connectivity index (χ4v) is 1.74. The average molecular weight is 241 g/mol. The first kappa shape index (κ1) is 8.18. The molecule has 2 aromatic rings. The van der Waals surface area contributed by atoms with Crippen molar-refractivity contribution in [1.29, 1.82) is 0 Å². The molecule has 0 radical (unpaired) electrons. The lowest BCUT2D eigenvalue weighted by molar-refractivity contribution is 0.111.